The van der Waals surface area contributed by atoms with E-state index in [4.69, 9.17) is 4.74 Å². The average molecular weight is 501 g/mol. The first-order valence-corrected chi connectivity index (χ1v) is 11.9. The van der Waals surface area contributed by atoms with E-state index >= 15 is 0 Å². The SMILES string of the molecule is CCCC(NC(=O)Cc1cc(F)cc(F)c1)C(=O)Nc1nnc(SC(C)(C)C(=O)OCC)s1. The van der Waals surface area contributed by atoms with Crippen LogP contribution in [0.25, 0.3) is 0 Å². The van der Waals surface area contributed by atoms with Gasteiger partial charge in [0.1, 0.15) is 22.4 Å². The number of esters is 1. The number of carbonyl (C=O) groups is 3. The molecular weight excluding hydrogens is 474 g/mol. The van der Waals surface area contributed by atoms with Crippen molar-refractivity contribution in [2.75, 3.05) is 11.9 Å². The van der Waals surface area contributed by atoms with Gasteiger partial charge in [-0.15, -0.1) is 10.2 Å². The van der Waals surface area contributed by atoms with Gasteiger partial charge in [-0.3, -0.25) is 19.7 Å². The standard InChI is InChI=1S/C21H26F2N4O4S2/c1-5-7-15(24-16(28)10-12-8-13(22)11-14(23)9-12)17(29)25-19-26-27-20(32-19)33-21(3,4)18(30)31-6-2/h8-9,11,15H,5-7,10H2,1-4H3,(H,24,28)(H,25,26,29). The molecule has 2 N–H and O–H groups in total. The Morgan fingerprint density at radius 1 is 1.15 bits per heavy atom. The highest BCUT2D eigenvalue weighted by Gasteiger charge is 2.32. The van der Waals surface area contributed by atoms with Crippen LogP contribution in [0.3, 0.4) is 0 Å². The zero-order valence-electron chi connectivity index (χ0n) is 18.7. The zero-order valence-corrected chi connectivity index (χ0v) is 20.4. The monoisotopic (exact) mass is 500 g/mol. The van der Waals surface area contributed by atoms with Crippen molar-refractivity contribution in [3.05, 3.63) is 35.4 Å². The minimum atomic E-state index is -0.883. The summed E-state index contributed by atoms with van der Waals surface area (Å²) in [5.74, 6) is -2.99. The van der Waals surface area contributed by atoms with Crippen molar-refractivity contribution in [3.63, 3.8) is 0 Å². The number of nitrogens with zero attached hydrogens (tertiary/aromatic N) is 2. The van der Waals surface area contributed by atoms with Gasteiger partial charge in [0.15, 0.2) is 4.34 Å². The largest absolute Gasteiger partial charge is 0.465 e. The number of hydrogen-bond donors (Lipinski definition) is 2. The van der Waals surface area contributed by atoms with Crippen molar-refractivity contribution < 1.29 is 27.9 Å². The lowest BCUT2D eigenvalue weighted by atomic mass is 10.1. The summed E-state index contributed by atoms with van der Waals surface area (Å²) >= 11 is 2.25. The molecule has 2 amide bonds. The minimum absolute atomic E-state index is 0.163. The number of nitrogens with one attached hydrogen (secondary N) is 2. The molecule has 0 fully saturated rings. The molecule has 1 aromatic heterocycles. The first-order valence-electron chi connectivity index (χ1n) is 10.3. The van der Waals surface area contributed by atoms with Crippen LogP contribution < -0.4 is 10.6 Å². The smallest absolute Gasteiger partial charge is 0.322 e. The highest BCUT2D eigenvalue weighted by atomic mass is 32.2. The zero-order chi connectivity index (χ0) is 24.6. The molecule has 0 saturated heterocycles. The molecule has 0 spiro atoms. The van der Waals surface area contributed by atoms with Gasteiger partial charge in [0.25, 0.3) is 0 Å². The molecule has 1 atom stereocenters. The summed E-state index contributed by atoms with van der Waals surface area (Å²) in [5, 5.41) is 13.3. The second-order valence-electron chi connectivity index (χ2n) is 7.56. The van der Waals surface area contributed by atoms with E-state index in [2.05, 4.69) is 20.8 Å². The Morgan fingerprint density at radius 2 is 1.82 bits per heavy atom. The maximum Gasteiger partial charge on any atom is 0.322 e. The first kappa shape index (κ1) is 26.7. The van der Waals surface area contributed by atoms with Gasteiger partial charge in [-0.1, -0.05) is 36.4 Å². The number of benzene rings is 1. The maximum atomic E-state index is 13.3. The van der Waals surface area contributed by atoms with Crippen LogP contribution in [-0.2, 0) is 25.5 Å². The van der Waals surface area contributed by atoms with E-state index in [0.29, 0.717) is 17.2 Å². The van der Waals surface area contributed by atoms with Crippen molar-refractivity contribution in [3.8, 4) is 0 Å². The van der Waals surface area contributed by atoms with Gasteiger partial charge >= 0.3 is 5.97 Å². The van der Waals surface area contributed by atoms with Crippen LogP contribution in [0, 0.1) is 11.6 Å². The average Bonchev–Trinajstić information content (AvgIpc) is 3.12. The molecular formula is C21H26F2N4O4S2. The second-order valence-corrected chi connectivity index (χ2v) is 10.4. The van der Waals surface area contributed by atoms with Crippen LogP contribution in [0.2, 0.25) is 0 Å². The Labute approximate surface area is 198 Å². The molecule has 0 saturated carbocycles. The number of halogens is 2. The molecule has 0 aliphatic heterocycles. The lowest BCUT2D eigenvalue weighted by Gasteiger charge is -2.19. The summed E-state index contributed by atoms with van der Waals surface area (Å²) in [6, 6.07) is 1.99. The summed E-state index contributed by atoms with van der Waals surface area (Å²) < 4.78 is 31.3. The van der Waals surface area contributed by atoms with Crippen molar-refractivity contribution in [1.29, 1.82) is 0 Å². The van der Waals surface area contributed by atoms with Crippen LogP contribution in [0.1, 0.15) is 46.1 Å². The predicted octanol–water partition coefficient (Wildman–Crippen LogP) is 3.72. The molecule has 2 aromatic rings. The molecule has 0 aliphatic carbocycles. The van der Waals surface area contributed by atoms with Gasteiger partial charge in [0.2, 0.25) is 16.9 Å². The van der Waals surface area contributed by atoms with E-state index in [1.54, 1.807) is 20.8 Å². The molecule has 0 bridgehead atoms. The minimum Gasteiger partial charge on any atom is -0.465 e. The number of hydrogen-bond acceptors (Lipinski definition) is 8. The molecule has 0 aliphatic rings. The van der Waals surface area contributed by atoms with Gasteiger partial charge in [0, 0.05) is 6.07 Å². The van der Waals surface area contributed by atoms with Crippen molar-refractivity contribution in [2.45, 2.75) is 62.1 Å². The second kappa shape index (κ2) is 12.0. The summed E-state index contributed by atoms with van der Waals surface area (Å²) in [7, 11) is 0. The number of rotatable bonds is 11. The lowest BCUT2D eigenvalue weighted by molar-refractivity contribution is -0.145. The molecule has 180 valence electrons. The number of anilines is 1. The van der Waals surface area contributed by atoms with Gasteiger partial charge in [-0.25, -0.2) is 8.78 Å². The summed E-state index contributed by atoms with van der Waals surface area (Å²) in [6.07, 6.45) is 0.689. The molecule has 12 heteroatoms. The fraction of sp³-hybridized carbons (Fsp3) is 0.476. The summed E-state index contributed by atoms with van der Waals surface area (Å²) in [4.78, 5) is 37.1. The number of aromatic nitrogens is 2. The van der Waals surface area contributed by atoms with Crippen LogP contribution in [0.15, 0.2) is 22.5 Å². The Bertz CT molecular complexity index is 980. The highest BCUT2D eigenvalue weighted by molar-refractivity contribution is 8.03. The van der Waals surface area contributed by atoms with Gasteiger partial charge in [-0.2, -0.15) is 0 Å². The van der Waals surface area contributed by atoms with Crippen LogP contribution in [0.4, 0.5) is 13.9 Å². The predicted molar refractivity (Wildman–Crippen MR) is 122 cm³/mol. The van der Waals surface area contributed by atoms with Gasteiger partial charge in [-0.05, 0) is 44.9 Å². The molecule has 0 radical (unpaired) electrons. The Balaban J connectivity index is 1.99. The molecule has 2 rings (SSSR count). The Morgan fingerprint density at radius 3 is 2.42 bits per heavy atom. The summed E-state index contributed by atoms with van der Waals surface area (Å²) in [5.41, 5.74) is 0.163. The third kappa shape index (κ3) is 8.35. The van der Waals surface area contributed by atoms with E-state index in [1.165, 1.54) is 0 Å². The fourth-order valence-electron chi connectivity index (χ4n) is 2.76. The molecule has 1 heterocycles. The first-order chi connectivity index (χ1) is 15.5. The topological polar surface area (TPSA) is 110 Å². The summed E-state index contributed by atoms with van der Waals surface area (Å²) in [6.45, 7) is 7.24. The third-order valence-corrected chi connectivity index (χ3v) is 6.33. The molecule has 33 heavy (non-hydrogen) atoms. The van der Waals surface area contributed by atoms with Crippen LogP contribution >= 0.6 is 23.1 Å². The Hall–Kier alpha value is -2.60. The van der Waals surface area contributed by atoms with Gasteiger partial charge < -0.3 is 10.1 Å². The van der Waals surface area contributed by atoms with E-state index in [1.807, 2.05) is 6.92 Å². The fourth-order valence-corrected chi connectivity index (χ4v) is 4.93. The van der Waals surface area contributed by atoms with E-state index in [-0.39, 0.29) is 29.7 Å². The lowest BCUT2D eigenvalue weighted by Crippen LogP contribution is -2.44. The van der Waals surface area contributed by atoms with E-state index in [0.717, 1.165) is 41.3 Å². The molecule has 1 aromatic carbocycles. The van der Waals surface area contributed by atoms with Crippen molar-refractivity contribution >= 4 is 46.0 Å². The number of carbonyl (C=O) groups excluding carboxylic acids is 3. The number of thioether (sulfide) groups is 1. The van der Waals surface area contributed by atoms with Crippen molar-refractivity contribution in [2.24, 2.45) is 0 Å². The Kier molecular flexibility index (Phi) is 9.71. The third-order valence-electron chi connectivity index (χ3n) is 4.26. The highest BCUT2D eigenvalue weighted by Crippen LogP contribution is 2.36. The maximum absolute atomic E-state index is 13.3. The molecule has 1 unspecified atom stereocenters. The van der Waals surface area contributed by atoms with Gasteiger partial charge in [0.05, 0.1) is 13.0 Å². The molecule has 8 nitrogen and oxygen atoms in total. The van der Waals surface area contributed by atoms with Crippen LogP contribution in [0.5, 0.6) is 0 Å². The number of amides is 2. The van der Waals surface area contributed by atoms with Crippen molar-refractivity contribution in [1.82, 2.24) is 15.5 Å². The van der Waals surface area contributed by atoms with Crippen LogP contribution in [-0.4, -0.2) is 45.4 Å². The normalized spacial score (nSPS) is 12.2. The van der Waals surface area contributed by atoms with E-state index < -0.39 is 34.2 Å². The van der Waals surface area contributed by atoms with E-state index in [9.17, 15) is 23.2 Å². The number of ether oxygens (including phenoxy) is 1. The quantitative estimate of drug-likeness (QED) is 0.275.